The second kappa shape index (κ2) is 8.94. The highest BCUT2D eigenvalue weighted by Crippen LogP contribution is 2.44. The Labute approximate surface area is 183 Å². The van der Waals surface area contributed by atoms with Crippen LogP contribution < -0.4 is 15.1 Å². The predicted octanol–water partition coefficient (Wildman–Crippen LogP) is 3.72. The number of amides is 1. The molecule has 2 aliphatic rings. The fourth-order valence-electron chi connectivity index (χ4n) is 4.82. The minimum Gasteiger partial charge on any atom is -0.378 e. The van der Waals surface area contributed by atoms with Gasteiger partial charge in [-0.2, -0.15) is 5.26 Å². The fourth-order valence-corrected chi connectivity index (χ4v) is 4.82. The highest BCUT2D eigenvalue weighted by Gasteiger charge is 2.40. The van der Waals surface area contributed by atoms with Gasteiger partial charge in [-0.15, -0.1) is 0 Å². The molecule has 1 N–H and O–H groups in total. The number of carbonyl (C=O) groups is 1. The highest BCUT2D eigenvalue weighted by atomic mass is 16.5. The molecule has 3 atom stereocenters. The fraction of sp³-hybridized carbons (Fsp3) is 0.458. The number of nitrogens with one attached hydrogen (secondary N) is 1. The van der Waals surface area contributed by atoms with Gasteiger partial charge in [-0.1, -0.05) is 13.8 Å². The number of fused-ring (bicyclic) bond motifs is 1. The normalized spacial score (nSPS) is 23.1. The van der Waals surface area contributed by atoms with E-state index >= 15 is 0 Å². The maximum absolute atomic E-state index is 12.6. The molecule has 31 heavy (non-hydrogen) atoms. The number of ether oxygens (including phenoxy) is 1. The number of carbonyl (C=O) groups excluding carboxylic acids is 1. The molecule has 0 spiro atoms. The standard InChI is InChI=1S/C24H29N5O2/c1-4-21-16(2)24(27-23-8-5-18(14-25)15-26-23)20-13-19(28-9-11-31-12-10-28)6-7-22(20)29(21)17(3)30/h5-8,13,15-16,21,24H,4,9-12H2,1-3H3,(H,26,27). The lowest BCUT2D eigenvalue weighted by molar-refractivity contribution is -0.117. The first-order valence-corrected chi connectivity index (χ1v) is 10.9. The van der Waals surface area contributed by atoms with Gasteiger partial charge in [-0.3, -0.25) is 4.79 Å². The molecule has 3 heterocycles. The van der Waals surface area contributed by atoms with Crippen molar-refractivity contribution in [3.05, 3.63) is 47.7 Å². The van der Waals surface area contributed by atoms with Gasteiger partial charge in [0, 0.05) is 55.1 Å². The van der Waals surface area contributed by atoms with Crippen LogP contribution in [0.25, 0.3) is 0 Å². The second-order valence-corrected chi connectivity index (χ2v) is 8.23. The topological polar surface area (TPSA) is 81.5 Å². The SMILES string of the molecule is CCC1C(C)C(Nc2ccc(C#N)cn2)c2cc(N3CCOCC3)ccc2N1C(C)=O. The quantitative estimate of drug-likeness (QED) is 0.813. The van der Waals surface area contributed by atoms with Crippen molar-refractivity contribution in [2.45, 2.75) is 39.3 Å². The molecule has 2 aromatic rings. The number of morpholine rings is 1. The smallest absolute Gasteiger partial charge is 0.224 e. The molecular formula is C24H29N5O2. The molecule has 0 radical (unpaired) electrons. The number of pyridine rings is 1. The predicted molar refractivity (Wildman–Crippen MR) is 121 cm³/mol. The van der Waals surface area contributed by atoms with E-state index in [9.17, 15) is 4.79 Å². The van der Waals surface area contributed by atoms with Gasteiger partial charge in [0.05, 0.1) is 24.8 Å². The van der Waals surface area contributed by atoms with Gasteiger partial charge in [0.1, 0.15) is 11.9 Å². The number of nitriles is 1. The molecule has 0 saturated carbocycles. The molecule has 162 valence electrons. The molecule has 1 saturated heterocycles. The molecule has 1 fully saturated rings. The van der Waals surface area contributed by atoms with Gasteiger partial charge in [-0.05, 0) is 36.8 Å². The lowest BCUT2D eigenvalue weighted by Gasteiger charge is -2.45. The van der Waals surface area contributed by atoms with Gasteiger partial charge < -0.3 is 19.9 Å². The Bertz CT molecular complexity index is 978. The van der Waals surface area contributed by atoms with Gasteiger partial charge in [-0.25, -0.2) is 4.98 Å². The van der Waals surface area contributed by atoms with Crippen LogP contribution in [0.15, 0.2) is 36.5 Å². The van der Waals surface area contributed by atoms with Crippen LogP contribution in [0.1, 0.15) is 44.4 Å². The number of benzene rings is 1. The van der Waals surface area contributed by atoms with E-state index in [1.807, 2.05) is 11.0 Å². The van der Waals surface area contributed by atoms with E-state index in [0.717, 1.165) is 55.5 Å². The summed E-state index contributed by atoms with van der Waals surface area (Å²) in [6.45, 7) is 9.13. The molecule has 0 bridgehead atoms. The Hall–Kier alpha value is -3.11. The summed E-state index contributed by atoms with van der Waals surface area (Å²) in [6, 6.07) is 12.2. The first-order valence-electron chi connectivity index (χ1n) is 10.9. The number of hydrogen-bond acceptors (Lipinski definition) is 6. The van der Waals surface area contributed by atoms with Crippen LogP contribution in [-0.2, 0) is 9.53 Å². The lowest BCUT2D eigenvalue weighted by Crippen LogP contribution is -2.49. The van der Waals surface area contributed by atoms with Crippen LogP contribution in [-0.4, -0.2) is 43.2 Å². The highest BCUT2D eigenvalue weighted by molar-refractivity contribution is 5.94. The van der Waals surface area contributed by atoms with Crippen LogP contribution in [0.2, 0.25) is 0 Å². The summed E-state index contributed by atoms with van der Waals surface area (Å²) >= 11 is 0. The average Bonchev–Trinajstić information content (AvgIpc) is 2.81. The van der Waals surface area contributed by atoms with Crippen LogP contribution in [0.4, 0.5) is 17.2 Å². The third-order valence-electron chi connectivity index (χ3n) is 6.40. The van der Waals surface area contributed by atoms with Gasteiger partial charge in [0.25, 0.3) is 0 Å². The van der Waals surface area contributed by atoms with E-state index < -0.39 is 0 Å². The van der Waals surface area contributed by atoms with Gasteiger partial charge in [0.2, 0.25) is 5.91 Å². The maximum Gasteiger partial charge on any atom is 0.224 e. The molecule has 0 aliphatic carbocycles. The molecule has 2 aliphatic heterocycles. The average molecular weight is 420 g/mol. The van der Waals surface area contributed by atoms with E-state index in [1.165, 1.54) is 0 Å². The van der Waals surface area contributed by atoms with Crippen molar-refractivity contribution in [2.24, 2.45) is 5.92 Å². The third kappa shape index (κ3) is 4.08. The Morgan fingerprint density at radius 3 is 2.68 bits per heavy atom. The monoisotopic (exact) mass is 419 g/mol. The number of aromatic nitrogens is 1. The van der Waals surface area contributed by atoms with E-state index in [-0.39, 0.29) is 23.9 Å². The van der Waals surface area contributed by atoms with E-state index in [2.05, 4.69) is 53.3 Å². The van der Waals surface area contributed by atoms with Crippen LogP contribution in [0, 0.1) is 17.2 Å². The summed E-state index contributed by atoms with van der Waals surface area (Å²) in [4.78, 5) is 21.3. The molecule has 1 aromatic carbocycles. The van der Waals surface area contributed by atoms with Crippen LogP contribution in [0.3, 0.4) is 0 Å². The molecule has 1 amide bonds. The van der Waals surface area contributed by atoms with Crippen molar-refractivity contribution < 1.29 is 9.53 Å². The van der Waals surface area contributed by atoms with E-state index in [0.29, 0.717) is 5.56 Å². The van der Waals surface area contributed by atoms with Gasteiger partial charge in [0.15, 0.2) is 0 Å². The van der Waals surface area contributed by atoms with E-state index in [4.69, 9.17) is 10.00 Å². The third-order valence-corrected chi connectivity index (χ3v) is 6.40. The van der Waals surface area contributed by atoms with Crippen molar-refractivity contribution in [1.29, 1.82) is 5.26 Å². The zero-order valence-corrected chi connectivity index (χ0v) is 18.3. The summed E-state index contributed by atoms with van der Waals surface area (Å²) in [5.74, 6) is 0.970. The second-order valence-electron chi connectivity index (χ2n) is 8.23. The Balaban J connectivity index is 1.76. The maximum atomic E-state index is 12.6. The van der Waals surface area contributed by atoms with Crippen molar-refractivity contribution in [2.75, 3.05) is 41.4 Å². The van der Waals surface area contributed by atoms with Crippen LogP contribution >= 0.6 is 0 Å². The molecule has 4 rings (SSSR count). The number of rotatable bonds is 4. The Morgan fingerprint density at radius 2 is 2.06 bits per heavy atom. The number of hydrogen-bond donors (Lipinski definition) is 1. The first-order chi connectivity index (χ1) is 15.0. The number of nitrogens with zero attached hydrogens (tertiary/aromatic N) is 4. The summed E-state index contributed by atoms with van der Waals surface area (Å²) < 4.78 is 5.51. The molecular weight excluding hydrogens is 390 g/mol. The van der Waals surface area contributed by atoms with Crippen molar-refractivity contribution >= 4 is 23.1 Å². The number of anilines is 3. The summed E-state index contributed by atoms with van der Waals surface area (Å²) in [5, 5.41) is 12.7. The molecule has 1 aromatic heterocycles. The summed E-state index contributed by atoms with van der Waals surface area (Å²) in [7, 11) is 0. The minimum atomic E-state index is -0.00280. The lowest BCUT2D eigenvalue weighted by atomic mass is 9.80. The van der Waals surface area contributed by atoms with Crippen molar-refractivity contribution in [3.63, 3.8) is 0 Å². The molecule has 3 unspecified atom stereocenters. The minimum absolute atomic E-state index is 0.00280. The first kappa shape index (κ1) is 21.1. The zero-order valence-electron chi connectivity index (χ0n) is 18.3. The largest absolute Gasteiger partial charge is 0.378 e. The Kier molecular flexibility index (Phi) is 6.10. The van der Waals surface area contributed by atoms with Crippen LogP contribution in [0.5, 0.6) is 0 Å². The zero-order chi connectivity index (χ0) is 22.0. The molecule has 7 nitrogen and oxygen atoms in total. The Morgan fingerprint density at radius 1 is 1.29 bits per heavy atom. The van der Waals surface area contributed by atoms with Gasteiger partial charge >= 0.3 is 0 Å². The summed E-state index contributed by atoms with van der Waals surface area (Å²) in [6.07, 6.45) is 2.45. The van der Waals surface area contributed by atoms with Crippen molar-refractivity contribution in [1.82, 2.24) is 4.98 Å². The van der Waals surface area contributed by atoms with Crippen molar-refractivity contribution in [3.8, 4) is 6.07 Å². The van der Waals surface area contributed by atoms with E-state index in [1.54, 1.807) is 19.2 Å². The molecule has 7 heteroatoms. The summed E-state index contributed by atoms with van der Waals surface area (Å²) in [5.41, 5.74) is 3.74.